The highest BCUT2D eigenvalue weighted by Gasteiger charge is 2.05. The summed E-state index contributed by atoms with van der Waals surface area (Å²) in [6, 6.07) is 6.94. The summed E-state index contributed by atoms with van der Waals surface area (Å²) in [5.74, 6) is 0. The maximum atomic E-state index is 11.3. The predicted octanol–water partition coefficient (Wildman–Crippen LogP) is -0.687. The quantitative estimate of drug-likeness (QED) is 0.606. The van der Waals surface area contributed by atoms with Crippen LogP contribution in [0.4, 0.5) is 0 Å². The van der Waals surface area contributed by atoms with E-state index in [4.69, 9.17) is 5.73 Å². The third kappa shape index (κ3) is 1.62. The number of nitrogens with one attached hydrogen (secondary N) is 2. The number of rotatable bonds is 2. The highest BCUT2D eigenvalue weighted by Crippen LogP contribution is 2.05. The Hall–Kier alpha value is -2.08. The van der Waals surface area contributed by atoms with Gasteiger partial charge in [0, 0.05) is 6.54 Å². The third-order valence-electron chi connectivity index (χ3n) is 2.09. The Balaban J connectivity index is 2.64. The molecule has 0 unspecified atom stereocenters. The lowest BCUT2D eigenvalue weighted by atomic mass is 10.2. The molecule has 0 saturated heterocycles. The monoisotopic (exact) mass is 206 g/mol. The number of nitrogens with zero attached hydrogens (tertiary/aromatic N) is 1. The van der Waals surface area contributed by atoms with E-state index in [1.807, 2.05) is 6.07 Å². The molecular formula is C9H10N4O2. The summed E-state index contributed by atoms with van der Waals surface area (Å²) in [5, 5.41) is 4.42. The lowest BCUT2D eigenvalue weighted by Gasteiger charge is -2.01. The molecule has 0 fully saturated rings. The smallest absolute Gasteiger partial charge is 0.326 e. The second-order valence-electron chi connectivity index (χ2n) is 3.07. The van der Waals surface area contributed by atoms with Crippen molar-refractivity contribution in [2.24, 2.45) is 5.73 Å². The molecule has 6 heteroatoms. The van der Waals surface area contributed by atoms with Crippen molar-refractivity contribution in [2.45, 2.75) is 6.54 Å². The van der Waals surface area contributed by atoms with Crippen LogP contribution in [0.5, 0.6) is 0 Å². The minimum Gasteiger partial charge on any atom is -0.326 e. The van der Waals surface area contributed by atoms with Gasteiger partial charge in [-0.25, -0.2) is 24.4 Å². The standard InChI is InChI=1S/C9H10N4O2/c10-5-6-2-1-3-7(4-6)13-8(14)11-12-9(13)15/h1-4H,5,10H2,(H,11,14)(H,12,15). The Bertz CT molecular complexity index is 551. The van der Waals surface area contributed by atoms with Crippen LogP contribution < -0.4 is 17.1 Å². The Morgan fingerprint density at radius 1 is 1.20 bits per heavy atom. The van der Waals surface area contributed by atoms with Crippen molar-refractivity contribution >= 4 is 0 Å². The number of hydrogen-bond donors (Lipinski definition) is 3. The van der Waals surface area contributed by atoms with E-state index in [1.165, 1.54) is 0 Å². The van der Waals surface area contributed by atoms with Gasteiger partial charge in [0.1, 0.15) is 0 Å². The van der Waals surface area contributed by atoms with Gasteiger partial charge in [0.25, 0.3) is 0 Å². The maximum Gasteiger partial charge on any atom is 0.348 e. The zero-order valence-corrected chi connectivity index (χ0v) is 7.86. The molecule has 0 saturated carbocycles. The largest absolute Gasteiger partial charge is 0.348 e. The van der Waals surface area contributed by atoms with Crippen molar-refractivity contribution in [1.82, 2.24) is 14.8 Å². The Labute approximate surface area is 84.3 Å². The fourth-order valence-electron chi connectivity index (χ4n) is 1.37. The van der Waals surface area contributed by atoms with Gasteiger partial charge in [0.15, 0.2) is 0 Å². The lowest BCUT2D eigenvalue weighted by molar-refractivity contribution is 0.943. The first-order valence-electron chi connectivity index (χ1n) is 4.41. The van der Waals surface area contributed by atoms with Crippen LogP contribution in [0.3, 0.4) is 0 Å². The van der Waals surface area contributed by atoms with E-state index < -0.39 is 11.4 Å². The number of hydrogen-bond acceptors (Lipinski definition) is 3. The number of H-pyrrole nitrogens is 2. The van der Waals surface area contributed by atoms with E-state index in [-0.39, 0.29) is 0 Å². The van der Waals surface area contributed by atoms with Crippen molar-refractivity contribution < 1.29 is 0 Å². The van der Waals surface area contributed by atoms with E-state index >= 15 is 0 Å². The molecule has 1 aromatic heterocycles. The summed E-state index contributed by atoms with van der Waals surface area (Å²) in [4.78, 5) is 22.6. The van der Waals surface area contributed by atoms with Gasteiger partial charge in [0.05, 0.1) is 5.69 Å². The highest BCUT2D eigenvalue weighted by molar-refractivity contribution is 5.35. The molecule has 4 N–H and O–H groups in total. The van der Waals surface area contributed by atoms with Gasteiger partial charge in [-0.15, -0.1) is 0 Å². The van der Waals surface area contributed by atoms with Gasteiger partial charge < -0.3 is 5.73 Å². The minimum atomic E-state index is -0.492. The average Bonchev–Trinajstić information content (AvgIpc) is 2.59. The number of benzene rings is 1. The lowest BCUT2D eigenvalue weighted by Crippen LogP contribution is -2.24. The summed E-state index contributed by atoms with van der Waals surface area (Å²) in [6.07, 6.45) is 0. The van der Waals surface area contributed by atoms with Crippen molar-refractivity contribution in [3.05, 3.63) is 50.8 Å². The molecule has 0 atom stereocenters. The van der Waals surface area contributed by atoms with Crippen LogP contribution in [0, 0.1) is 0 Å². The Kier molecular flexibility index (Phi) is 2.26. The molecule has 6 nitrogen and oxygen atoms in total. The summed E-state index contributed by atoms with van der Waals surface area (Å²) >= 11 is 0. The van der Waals surface area contributed by atoms with Crippen LogP contribution >= 0.6 is 0 Å². The molecule has 0 aliphatic carbocycles. The van der Waals surface area contributed by atoms with Gasteiger partial charge >= 0.3 is 11.4 Å². The second-order valence-corrected chi connectivity index (χ2v) is 3.07. The minimum absolute atomic E-state index is 0.366. The molecule has 0 aliphatic rings. The molecule has 0 amide bonds. The van der Waals surface area contributed by atoms with E-state index in [2.05, 4.69) is 10.2 Å². The van der Waals surface area contributed by atoms with E-state index in [1.54, 1.807) is 18.2 Å². The molecule has 1 heterocycles. The molecule has 78 valence electrons. The van der Waals surface area contributed by atoms with Gasteiger partial charge in [-0.2, -0.15) is 0 Å². The first kappa shape index (κ1) is 9.47. The molecule has 0 aliphatic heterocycles. The maximum absolute atomic E-state index is 11.3. The summed E-state index contributed by atoms with van der Waals surface area (Å²) in [7, 11) is 0. The molecule has 2 rings (SSSR count). The van der Waals surface area contributed by atoms with Crippen molar-refractivity contribution in [3.8, 4) is 5.69 Å². The number of aromatic nitrogens is 3. The molecule has 0 bridgehead atoms. The summed E-state index contributed by atoms with van der Waals surface area (Å²) < 4.78 is 1.01. The van der Waals surface area contributed by atoms with Crippen molar-refractivity contribution in [3.63, 3.8) is 0 Å². The zero-order valence-electron chi connectivity index (χ0n) is 7.86. The Morgan fingerprint density at radius 2 is 1.87 bits per heavy atom. The molecule has 0 radical (unpaired) electrons. The number of aromatic amines is 2. The summed E-state index contributed by atoms with van der Waals surface area (Å²) in [5.41, 5.74) is 5.85. The van der Waals surface area contributed by atoms with Gasteiger partial charge in [0.2, 0.25) is 0 Å². The van der Waals surface area contributed by atoms with E-state index in [9.17, 15) is 9.59 Å². The number of nitrogens with two attached hydrogens (primary N) is 1. The van der Waals surface area contributed by atoms with Crippen LogP contribution in [0.25, 0.3) is 5.69 Å². The van der Waals surface area contributed by atoms with Crippen molar-refractivity contribution in [2.75, 3.05) is 0 Å². The van der Waals surface area contributed by atoms with Crippen LogP contribution in [0.15, 0.2) is 33.9 Å². The molecule has 2 aromatic rings. The van der Waals surface area contributed by atoms with Gasteiger partial charge in [-0.05, 0) is 17.7 Å². The average molecular weight is 206 g/mol. The molecular weight excluding hydrogens is 196 g/mol. The topological polar surface area (TPSA) is 96.7 Å². The molecule has 1 aromatic carbocycles. The van der Waals surface area contributed by atoms with Gasteiger partial charge in [-0.3, -0.25) is 0 Å². The molecule has 0 spiro atoms. The zero-order chi connectivity index (χ0) is 10.8. The SMILES string of the molecule is NCc1cccc(-n2c(=O)[nH][nH]c2=O)c1. The van der Waals surface area contributed by atoms with Crippen LogP contribution in [-0.2, 0) is 6.54 Å². The van der Waals surface area contributed by atoms with Crippen LogP contribution in [0.2, 0.25) is 0 Å². The van der Waals surface area contributed by atoms with Crippen LogP contribution in [0.1, 0.15) is 5.56 Å². The third-order valence-corrected chi connectivity index (χ3v) is 2.09. The predicted molar refractivity (Wildman–Crippen MR) is 54.9 cm³/mol. The Morgan fingerprint density at radius 3 is 2.47 bits per heavy atom. The second kappa shape index (κ2) is 3.58. The fraction of sp³-hybridized carbons (Fsp3) is 0.111. The highest BCUT2D eigenvalue weighted by atomic mass is 16.2. The van der Waals surface area contributed by atoms with Crippen LogP contribution in [-0.4, -0.2) is 14.8 Å². The first-order chi connectivity index (χ1) is 7.22. The normalized spacial score (nSPS) is 10.5. The molecule has 15 heavy (non-hydrogen) atoms. The fourth-order valence-corrected chi connectivity index (χ4v) is 1.37. The van der Waals surface area contributed by atoms with E-state index in [0.717, 1.165) is 10.1 Å². The first-order valence-corrected chi connectivity index (χ1v) is 4.41. The van der Waals surface area contributed by atoms with E-state index in [0.29, 0.717) is 12.2 Å². The van der Waals surface area contributed by atoms with Crippen molar-refractivity contribution in [1.29, 1.82) is 0 Å². The summed E-state index contributed by atoms with van der Waals surface area (Å²) in [6.45, 7) is 0.366. The van der Waals surface area contributed by atoms with Gasteiger partial charge in [-0.1, -0.05) is 12.1 Å².